The average Bonchev–Trinajstić information content (AvgIpc) is 2.89. The largest absolute Gasteiger partial charge is 0.481 e. The van der Waals surface area contributed by atoms with Crippen LogP contribution in [0.4, 0.5) is 5.69 Å². The molecule has 0 aliphatic rings. The van der Waals surface area contributed by atoms with Gasteiger partial charge < -0.3 is 15.4 Å². The van der Waals surface area contributed by atoms with E-state index in [9.17, 15) is 14.4 Å². The number of thioether (sulfide) groups is 1. The minimum absolute atomic E-state index is 0.0337. The minimum Gasteiger partial charge on any atom is -0.481 e. The number of H-pyrrole nitrogens is 1. The van der Waals surface area contributed by atoms with Gasteiger partial charge in [-0.2, -0.15) is 0 Å². The molecule has 134 valence electrons. The highest BCUT2D eigenvalue weighted by Crippen LogP contribution is 2.18. The Labute approximate surface area is 153 Å². The molecule has 0 unspecified atom stereocenters. The van der Waals surface area contributed by atoms with E-state index in [-0.39, 0.29) is 17.3 Å². The van der Waals surface area contributed by atoms with Gasteiger partial charge in [0.2, 0.25) is 0 Å². The van der Waals surface area contributed by atoms with Crippen LogP contribution in [0.5, 0.6) is 0 Å². The van der Waals surface area contributed by atoms with Crippen molar-refractivity contribution in [2.24, 2.45) is 7.05 Å². The molecule has 0 saturated heterocycles. The summed E-state index contributed by atoms with van der Waals surface area (Å²) in [6.45, 7) is 0. The number of aromatic nitrogens is 2. The Morgan fingerprint density at radius 3 is 2.81 bits per heavy atom. The van der Waals surface area contributed by atoms with Crippen molar-refractivity contribution >= 4 is 40.4 Å². The third-order valence-corrected chi connectivity index (χ3v) is 4.84. The first-order chi connectivity index (χ1) is 12.4. The number of anilines is 1. The van der Waals surface area contributed by atoms with Crippen LogP contribution in [0.15, 0.2) is 47.3 Å². The van der Waals surface area contributed by atoms with Gasteiger partial charge >= 0.3 is 11.7 Å². The molecule has 8 heteroatoms. The molecule has 3 rings (SSSR count). The molecular weight excluding hydrogens is 354 g/mol. The van der Waals surface area contributed by atoms with E-state index in [4.69, 9.17) is 5.11 Å². The zero-order valence-corrected chi connectivity index (χ0v) is 14.8. The van der Waals surface area contributed by atoms with E-state index >= 15 is 0 Å². The van der Waals surface area contributed by atoms with E-state index in [1.807, 2.05) is 18.2 Å². The fourth-order valence-electron chi connectivity index (χ4n) is 2.56. The van der Waals surface area contributed by atoms with Crippen LogP contribution in [-0.2, 0) is 17.6 Å². The molecule has 0 aliphatic heterocycles. The number of fused-ring (bicyclic) bond motifs is 1. The van der Waals surface area contributed by atoms with Gasteiger partial charge in [-0.05, 0) is 35.9 Å². The minimum atomic E-state index is -0.853. The van der Waals surface area contributed by atoms with Crippen molar-refractivity contribution in [1.29, 1.82) is 0 Å². The van der Waals surface area contributed by atoms with E-state index in [0.29, 0.717) is 28.0 Å². The molecule has 3 N–H and O–H groups in total. The lowest BCUT2D eigenvalue weighted by atomic mass is 10.1. The van der Waals surface area contributed by atoms with Crippen molar-refractivity contribution in [1.82, 2.24) is 9.55 Å². The molecular formula is C18H17N3O4S. The highest BCUT2D eigenvalue weighted by Gasteiger charge is 2.10. The van der Waals surface area contributed by atoms with Crippen LogP contribution in [0.3, 0.4) is 0 Å². The zero-order valence-electron chi connectivity index (χ0n) is 14.0. The van der Waals surface area contributed by atoms with Gasteiger partial charge in [-0.3, -0.25) is 14.2 Å². The maximum atomic E-state index is 12.5. The third kappa shape index (κ3) is 3.97. The second-order valence-electron chi connectivity index (χ2n) is 5.76. The lowest BCUT2D eigenvalue weighted by Gasteiger charge is -2.08. The molecule has 0 fully saturated rings. The smallest absolute Gasteiger partial charge is 0.326 e. The molecule has 0 spiro atoms. The Bertz CT molecular complexity index is 1040. The SMILES string of the molecule is Cn1c(=O)[nH]c2ccc(C(=O)Nc3cccc(CSCC(=O)O)c3)cc21. The standard InChI is InChI=1S/C18H17N3O4S/c1-21-15-8-12(5-6-14(15)20-18(21)25)17(24)19-13-4-2-3-11(7-13)9-26-10-16(22)23/h2-8H,9-10H2,1H3,(H,19,24)(H,20,25)(H,22,23). The van der Waals surface area contributed by atoms with Crippen molar-refractivity contribution in [3.05, 3.63) is 64.1 Å². The molecule has 3 aromatic rings. The second-order valence-corrected chi connectivity index (χ2v) is 6.75. The Balaban J connectivity index is 1.74. The van der Waals surface area contributed by atoms with Crippen molar-refractivity contribution in [2.75, 3.05) is 11.1 Å². The number of aryl methyl sites for hydroxylation is 1. The summed E-state index contributed by atoms with van der Waals surface area (Å²) in [5, 5.41) is 11.5. The topological polar surface area (TPSA) is 104 Å². The van der Waals surface area contributed by atoms with Gasteiger partial charge in [0.1, 0.15) is 0 Å². The van der Waals surface area contributed by atoms with Gasteiger partial charge in [0.15, 0.2) is 0 Å². The molecule has 1 amide bonds. The lowest BCUT2D eigenvalue weighted by Crippen LogP contribution is -2.13. The van der Waals surface area contributed by atoms with Crippen LogP contribution in [0.2, 0.25) is 0 Å². The predicted molar refractivity (Wildman–Crippen MR) is 102 cm³/mol. The van der Waals surface area contributed by atoms with Crippen LogP contribution < -0.4 is 11.0 Å². The van der Waals surface area contributed by atoms with E-state index in [2.05, 4.69) is 10.3 Å². The number of imidazole rings is 1. The fourth-order valence-corrected chi connectivity index (χ4v) is 3.25. The van der Waals surface area contributed by atoms with Crippen molar-refractivity contribution in [3.63, 3.8) is 0 Å². The molecule has 1 heterocycles. The molecule has 1 aromatic heterocycles. The number of carbonyl (C=O) groups is 2. The first-order valence-corrected chi connectivity index (χ1v) is 8.98. The molecule has 0 radical (unpaired) electrons. The van der Waals surface area contributed by atoms with Gasteiger partial charge in [0, 0.05) is 24.1 Å². The van der Waals surface area contributed by atoms with Crippen molar-refractivity contribution in [2.45, 2.75) is 5.75 Å². The van der Waals surface area contributed by atoms with Crippen LogP contribution in [-0.4, -0.2) is 32.3 Å². The number of aliphatic carboxylic acids is 1. The number of hydrogen-bond donors (Lipinski definition) is 3. The summed E-state index contributed by atoms with van der Waals surface area (Å²) < 4.78 is 1.45. The van der Waals surface area contributed by atoms with Gasteiger partial charge in [-0.15, -0.1) is 11.8 Å². The number of carboxylic acids is 1. The Morgan fingerprint density at radius 1 is 1.23 bits per heavy atom. The number of rotatable bonds is 6. The Morgan fingerprint density at radius 2 is 2.04 bits per heavy atom. The van der Waals surface area contributed by atoms with Crippen molar-refractivity contribution < 1.29 is 14.7 Å². The number of carbonyl (C=O) groups excluding carboxylic acids is 1. The van der Waals surface area contributed by atoms with E-state index in [1.54, 1.807) is 31.3 Å². The maximum absolute atomic E-state index is 12.5. The summed E-state index contributed by atoms with van der Waals surface area (Å²) in [7, 11) is 1.64. The summed E-state index contributed by atoms with van der Waals surface area (Å²) in [4.78, 5) is 37.4. The number of hydrogen-bond acceptors (Lipinski definition) is 4. The van der Waals surface area contributed by atoms with E-state index in [0.717, 1.165) is 5.56 Å². The molecule has 7 nitrogen and oxygen atoms in total. The summed E-state index contributed by atoms with van der Waals surface area (Å²) in [6.07, 6.45) is 0. The van der Waals surface area contributed by atoms with E-state index < -0.39 is 5.97 Å². The molecule has 0 aliphatic carbocycles. The van der Waals surface area contributed by atoms with Crippen molar-refractivity contribution in [3.8, 4) is 0 Å². The number of nitrogens with one attached hydrogen (secondary N) is 2. The first-order valence-electron chi connectivity index (χ1n) is 7.82. The van der Waals surface area contributed by atoms with E-state index in [1.165, 1.54) is 16.3 Å². The summed E-state index contributed by atoms with van der Waals surface area (Å²) >= 11 is 1.30. The molecule has 0 saturated carbocycles. The zero-order chi connectivity index (χ0) is 18.7. The molecule has 26 heavy (non-hydrogen) atoms. The Kier molecular flexibility index (Phi) is 5.13. The first kappa shape index (κ1) is 17.8. The van der Waals surface area contributed by atoms with Gasteiger partial charge in [0.25, 0.3) is 5.91 Å². The molecule has 0 bridgehead atoms. The van der Waals surface area contributed by atoms with Gasteiger partial charge in [-0.1, -0.05) is 12.1 Å². The number of nitrogens with zero attached hydrogens (tertiary/aromatic N) is 1. The van der Waals surface area contributed by atoms with Crippen LogP contribution in [0.25, 0.3) is 11.0 Å². The third-order valence-electron chi connectivity index (χ3n) is 3.85. The fraction of sp³-hybridized carbons (Fsp3) is 0.167. The normalized spacial score (nSPS) is 10.8. The van der Waals surface area contributed by atoms with Gasteiger partial charge in [-0.25, -0.2) is 4.79 Å². The van der Waals surface area contributed by atoms with Gasteiger partial charge in [0.05, 0.1) is 16.8 Å². The maximum Gasteiger partial charge on any atom is 0.326 e. The highest BCUT2D eigenvalue weighted by molar-refractivity contribution is 7.99. The molecule has 0 atom stereocenters. The summed E-state index contributed by atoms with van der Waals surface area (Å²) in [6, 6.07) is 12.3. The number of amides is 1. The second kappa shape index (κ2) is 7.49. The summed E-state index contributed by atoms with van der Waals surface area (Å²) in [5.41, 5.74) is 3.10. The lowest BCUT2D eigenvalue weighted by molar-refractivity contribution is -0.133. The number of aromatic amines is 1. The number of carboxylic acid groups (broad SMARTS) is 1. The number of benzene rings is 2. The average molecular weight is 371 g/mol. The predicted octanol–water partition coefficient (Wildman–Crippen LogP) is 2.44. The van der Waals surface area contributed by atoms with Crippen LogP contribution in [0.1, 0.15) is 15.9 Å². The summed E-state index contributed by atoms with van der Waals surface area (Å²) in [5.74, 6) is -0.552. The van der Waals surface area contributed by atoms with Crippen LogP contribution >= 0.6 is 11.8 Å². The quantitative estimate of drug-likeness (QED) is 0.617. The highest BCUT2D eigenvalue weighted by atomic mass is 32.2. The molecule has 2 aromatic carbocycles. The van der Waals surface area contributed by atoms with Crippen LogP contribution in [0, 0.1) is 0 Å². The monoisotopic (exact) mass is 371 g/mol. The Hall–Kier alpha value is -3.00.